The summed E-state index contributed by atoms with van der Waals surface area (Å²) in [4.78, 5) is 16.4. The quantitative estimate of drug-likeness (QED) is 0.737. The van der Waals surface area contributed by atoms with Gasteiger partial charge in [-0.05, 0) is 47.6 Å². The number of methoxy groups -OCH3 is 1. The van der Waals surface area contributed by atoms with Gasteiger partial charge in [0, 0.05) is 45.4 Å². The highest BCUT2D eigenvalue weighted by atomic mass is 16.6. The van der Waals surface area contributed by atoms with Gasteiger partial charge in [-0.25, -0.2) is 4.79 Å². The second-order valence-electron chi connectivity index (χ2n) is 7.49. The van der Waals surface area contributed by atoms with Gasteiger partial charge >= 0.3 is 6.09 Å². The van der Waals surface area contributed by atoms with Gasteiger partial charge in [0.1, 0.15) is 5.60 Å². The first-order chi connectivity index (χ1) is 10.7. The third-order valence-electron chi connectivity index (χ3n) is 3.98. The number of carbonyl (C=O) groups excluding carboxylic acids is 1. The molecule has 6 heteroatoms. The number of likely N-dealkylation sites (tertiary alicyclic amines) is 1. The summed E-state index contributed by atoms with van der Waals surface area (Å²) < 4.78 is 10.6. The van der Waals surface area contributed by atoms with E-state index in [0.717, 1.165) is 19.6 Å². The molecule has 1 fully saturated rings. The summed E-state index contributed by atoms with van der Waals surface area (Å²) >= 11 is 0. The average Bonchev–Trinajstić information content (AvgIpc) is 2.89. The number of amides is 1. The molecule has 1 saturated heterocycles. The fourth-order valence-electron chi connectivity index (χ4n) is 2.65. The Bertz CT molecular complexity index is 355. The van der Waals surface area contributed by atoms with Gasteiger partial charge in [-0.1, -0.05) is 0 Å². The molecule has 1 unspecified atom stereocenters. The highest BCUT2D eigenvalue weighted by molar-refractivity contribution is 5.68. The fourth-order valence-corrected chi connectivity index (χ4v) is 2.65. The smallest absolute Gasteiger partial charge is 0.410 e. The van der Waals surface area contributed by atoms with Gasteiger partial charge in [0.25, 0.3) is 0 Å². The van der Waals surface area contributed by atoms with E-state index in [0.29, 0.717) is 31.8 Å². The Hall–Kier alpha value is -0.850. The molecule has 0 aromatic rings. The second kappa shape index (κ2) is 9.45. The zero-order valence-electron chi connectivity index (χ0n) is 15.7. The van der Waals surface area contributed by atoms with Crippen molar-refractivity contribution in [2.75, 3.05) is 46.4 Å². The van der Waals surface area contributed by atoms with Crippen LogP contribution >= 0.6 is 0 Å². The van der Waals surface area contributed by atoms with Gasteiger partial charge in [-0.15, -0.1) is 0 Å². The van der Waals surface area contributed by atoms with E-state index in [-0.39, 0.29) is 6.09 Å². The highest BCUT2D eigenvalue weighted by Crippen LogP contribution is 2.12. The summed E-state index contributed by atoms with van der Waals surface area (Å²) in [5.41, 5.74) is -0.473. The van der Waals surface area contributed by atoms with Crippen molar-refractivity contribution in [3.05, 3.63) is 0 Å². The SMILES string of the molecule is COCCN(CCNC1CCN(C(C)C)C1)C(=O)OC(C)(C)C. The van der Waals surface area contributed by atoms with E-state index >= 15 is 0 Å². The van der Waals surface area contributed by atoms with E-state index in [9.17, 15) is 4.79 Å². The number of nitrogens with zero attached hydrogens (tertiary/aromatic N) is 2. The first-order valence-corrected chi connectivity index (χ1v) is 8.67. The zero-order valence-corrected chi connectivity index (χ0v) is 15.7. The van der Waals surface area contributed by atoms with Crippen molar-refractivity contribution in [1.29, 1.82) is 0 Å². The summed E-state index contributed by atoms with van der Waals surface area (Å²) in [6.45, 7) is 14.8. The molecule has 1 amide bonds. The number of rotatable bonds is 8. The van der Waals surface area contributed by atoms with Crippen LogP contribution in [0.4, 0.5) is 4.79 Å². The van der Waals surface area contributed by atoms with Crippen molar-refractivity contribution in [3.63, 3.8) is 0 Å². The van der Waals surface area contributed by atoms with E-state index in [1.807, 2.05) is 20.8 Å². The molecule has 1 heterocycles. The van der Waals surface area contributed by atoms with Crippen molar-refractivity contribution >= 4 is 6.09 Å². The zero-order chi connectivity index (χ0) is 17.5. The molecule has 0 saturated carbocycles. The molecule has 136 valence electrons. The topological polar surface area (TPSA) is 54.0 Å². The Labute approximate surface area is 141 Å². The Kier molecular flexibility index (Phi) is 8.29. The third-order valence-corrected chi connectivity index (χ3v) is 3.98. The van der Waals surface area contributed by atoms with E-state index in [2.05, 4.69) is 24.1 Å². The van der Waals surface area contributed by atoms with Gasteiger partial charge in [-0.3, -0.25) is 4.90 Å². The number of hydrogen-bond acceptors (Lipinski definition) is 5. The molecule has 6 nitrogen and oxygen atoms in total. The van der Waals surface area contributed by atoms with Gasteiger partial charge in [0.05, 0.1) is 6.61 Å². The minimum absolute atomic E-state index is 0.272. The van der Waals surface area contributed by atoms with Crippen LogP contribution in [0.2, 0.25) is 0 Å². The molecule has 0 aromatic carbocycles. The summed E-state index contributed by atoms with van der Waals surface area (Å²) in [6, 6.07) is 1.11. The lowest BCUT2D eigenvalue weighted by atomic mass is 10.2. The Morgan fingerprint density at radius 3 is 2.57 bits per heavy atom. The van der Waals surface area contributed by atoms with Gasteiger partial charge < -0.3 is 19.7 Å². The summed E-state index contributed by atoms with van der Waals surface area (Å²) in [5.74, 6) is 0. The molecule has 23 heavy (non-hydrogen) atoms. The van der Waals surface area contributed by atoms with Crippen LogP contribution in [0.5, 0.6) is 0 Å². The van der Waals surface area contributed by atoms with Crippen LogP contribution < -0.4 is 5.32 Å². The van der Waals surface area contributed by atoms with Crippen LogP contribution in [-0.2, 0) is 9.47 Å². The van der Waals surface area contributed by atoms with E-state index in [1.54, 1.807) is 12.0 Å². The summed E-state index contributed by atoms with van der Waals surface area (Å²) in [7, 11) is 1.64. The lowest BCUT2D eigenvalue weighted by Crippen LogP contribution is -2.44. The third kappa shape index (κ3) is 7.99. The normalized spacial score (nSPS) is 19.3. The fraction of sp³-hybridized carbons (Fsp3) is 0.941. The standard InChI is InChI=1S/C17H35N3O3/c1-14(2)20-9-7-15(13-20)18-8-10-19(11-12-22-6)16(21)23-17(3,4)5/h14-15,18H,7-13H2,1-6H3. The van der Waals surface area contributed by atoms with Crippen molar-refractivity contribution < 1.29 is 14.3 Å². The number of carbonyl (C=O) groups is 1. The lowest BCUT2D eigenvalue weighted by molar-refractivity contribution is 0.0203. The predicted octanol–water partition coefficient (Wildman–Crippen LogP) is 1.94. The molecule has 1 N–H and O–H groups in total. The largest absolute Gasteiger partial charge is 0.444 e. The van der Waals surface area contributed by atoms with E-state index in [1.165, 1.54) is 6.42 Å². The Balaban J connectivity index is 2.38. The van der Waals surface area contributed by atoms with Crippen LogP contribution in [0, 0.1) is 0 Å². The van der Waals surface area contributed by atoms with Gasteiger partial charge in [0.2, 0.25) is 0 Å². The van der Waals surface area contributed by atoms with Gasteiger partial charge in [0.15, 0.2) is 0 Å². The number of ether oxygens (including phenoxy) is 2. The second-order valence-corrected chi connectivity index (χ2v) is 7.49. The molecule has 1 aliphatic rings. The van der Waals surface area contributed by atoms with Crippen LogP contribution in [0.1, 0.15) is 41.0 Å². The molecule has 0 radical (unpaired) electrons. The molecule has 0 spiro atoms. The first kappa shape index (κ1) is 20.2. The van der Waals surface area contributed by atoms with Crippen LogP contribution in [0.3, 0.4) is 0 Å². The molecular weight excluding hydrogens is 294 g/mol. The maximum absolute atomic E-state index is 12.2. The van der Waals surface area contributed by atoms with Crippen molar-refractivity contribution in [2.24, 2.45) is 0 Å². The van der Waals surface area contributed by atoms with E-state index in [4.69, 9.17) is 9.47 Å². The molecule has 0 bridgehead atoms. The molecule has 0 aromatic heterocycles. The highest BCUT2D eigenvalue weighted by Gasteiger charge is 2.25. The molecule has 1 rings (SSSR count). The molecule has 0 aliphatic carbocycles. The average molecular weight is 329 g/mol. The number of nitrogens with one attached hydrogen (secondary N) is 1. The molecule has 1 atom stereocenters. The monoisotopic (exact) mass is 329 g/mol. The lowest BCUT2D eigenvalue weighted by Gasteiger charge is -2.28. The maximum atomic E-state index is 12.2. The minimum Gasteiger partial charge on any atom is -0.444 e. The number of hydrogen-bond donors (Lipinski definition) is 1. The van der Waals surface area contributed by atoms with Crippen molar-refractivity contribution in [2.45, 2.75) is 58.7 Å². The Morgan fingerprint density at radius 2 is 2.04 bits per heavy atom. The minimum atomic E-state index is -0.473. The van der Waals surface area contributed by atoms with E-state index < -0.39 is 5.60 Å². The summed E-state index contributed by atoms with van der Waals surface area (Å²) in [5, 5.41) is 3.56. The first-order valence-electron chi connectivity index (χ1n) is 8.67. The van der Waals surface area contributed by atoms with Crippen molar-refractivity contribution in [1.82, 2.24) is 15.1 Å². The van der Waals surface area contributed by atoms with Crippen LogP contribution in [0.25, 0.3) is 0 Å². The van der Waals surface area contributed by atoms with Crippen LogP contribution in [0.15, 0.2) is 0 Å². The predicted molar refractivity (Wildman–Crippen MR) is 92.8 cm³/mol. The summed E-state index contributed by atoms with van der Waals surface area (Å²) in [6.07, 6.45) is 0.898. The Morgan fingerprint density at radius 1 is 1.35 bits per heavy atom. The maximum Gasteiger partial charge on any atom is 0.410 e. The van der Waals surface area contributed by atoms with Crippen LogP contribution in [-0.4, -0.2) is 80.0 Å². The molecule has 1 aliphatic heterocycles. The van der Waals surface area contributed by atoms with Gasteiger partial charge in [-0.2, -0.15) is 0 Å². The van der Waals surface area contributed by atoms with Crippen molar-refractivity contribution in [3.8, 4) is 0 Å². The molecular formula is C17H35N3O3.